The highest BCUT2D eigenvalue weighted by Gasteiger charge is 2.18. The van der Waals surface area contributed by atoms with Gasteiger partial charge >= 0.3 is 12.6 Å². The number of ether oxygens (including phenoxy) is 1. The van der Waals surface area contributed by atoms with E-state index >= 15 is 0 Å². The van der Waals surface area contributed by atoms with E-state index in [9.17, 15) is 13.6 Å². The van der Waals surface area contributed by atoms with E-state index in [1.807, 2.05) is 6.92 Å². The number of para-hydroxylation sites is 1. The van der Waals surface area contributed by atoms with Crippen molar-refractivity contribution in [3.05, 3.63) is 54.0 Å². The summed E-state index contributed by atoms with van der Waals surface area (Å²) >= 11 is 0. The van der Waals surface area contributed by atoms with E-state index in [-0.39, 0.29) is 12.3 Å². The molecule has 1 aromatic carbocycles. The van der Waals surface area contributed by atoms with E-state index in [2.05, 4.69) is 15.4 Å². The molecule has 2 rings (SSSR count). The SMILES string of the molecule is CCC(NC(=O)NCc1ccco1)c1ccccc1OC(F)F. The van der Waals surface area contributed by atoms with Crippen LogP contribution in [0.25, 0.3) is 0 Å². The number of nitrogens with one attached hydrogen (secondary N) is 2. The molecule has 0 bridgehead atoms. The minimum Gasteiger partial charge on any atom is -0.467 e. The Bertz CT molecular complexity index is 618. The summed E-state index contributed by atoms with van der Waals surface area (Å²) in [4.78, 5) is 12.0. The lowest BCUT2D eigenvalue weighted by atomic mass is 10.0. The molecule has 1 unspecified atom stereocenters. The third-order valence-corrected chi connectivity index (χ3v) is 3.23. The quantitative estimate of drug-likeness (QED) is 0.813. The summed E-state index contributed by atoms with van der Waals surface area (Å²) < 4.78 is 34.6. The van der Waals surface area contributed by atoms with Crippen molar-refractivity contribution in [2.75, 3.05) is 0 Å². The molecule has 1 heterocycles. The van der Waals surface area contributed by atoms with E-state index in [0.29, 0.717) is 17.7 Å². The zero-order valence-electron chi connectivity index (χ0n) is 12.6. The third kappa shape index (κ3) is 4.98. The molecule has 0 saturated heterocycles. The summed E-state index contributed by atoms with van der Waals surface area (Å²) in [5.74, 6) is 0.676. The van der Waals surface area contributed by atoms with Gasteiger partial charge in [0.2, 0.25) is 0 Å². The summed E-state index contributed by atoms with van der Waals surface area (Å²) in [7, 11) is 0. The van der Waals surface area contributed by atoms with Crippen LogP contribution in [0.1, 0.15) is 30.7 Å². The van der Waals surface area contributed by atoms with Crippen LogP contribution in [-0.4, -0.2) is 12.6 Å². The highest BCUT2D eigenvalue weighted by molar-refractivity contribution is 5.74. The first-order valence-electron chi connectivity index (χ1n) is 7.20. The predicted octanol–water partition coefficient (Wildman–Crippen LogP) is 3.83. The van der Waals surface area contributed by atoms with Gasteiger partial charge in [-0.3, -0.25) is 0 Å². The lowest BCUT2D eigenvalue weighted by Gasteiger charge is -2.20. The average Bonchev–Trinajstić information content (AvgIpc) is 3.04. The smallest absolute Gasteiger partial charge is 0.387 e. The number of hydrogen-bond donors (Lipinski definition) is 2. The molecule has 2 N–H and O–H groups in total. The lowest BCUT2D eigenvalue weighted by Crippen LogP contribution is -2.37. The summed E-state index contributed by atoms with van der Waals surface area (Å²) in [5.41, 5.74) is 0.503. The third-order valence-electron chi connectivity index (χ3n) is 3.23. The predicted molar refractivity (Wildman–Crippen MR) is 80.2 cm³/mol. The molecule has 0 radical (unpaired) electrons. The Labute approximate surface area is 132 Å². The number of alkyl halides is 2. The molecule has 0 aliphatic rings. The normalized spacial score (nSPS) is 12.0. The van der Waals surface area contributed by atoms with Crippen molar-refractivity contribution < 1.29 is 22.7 Å². The summed E-state index contributed by atoms with van der Waals surface area (Å²) in [6.07, 6.45) is 2.04. The molecule has 0 spiro atoms. The van der Waals surface area contributed by atoms with Crippen molar-refractivity contribution in [1.29, 1.82) is 0 Å². The molecular formula is C16H18F2N2O3. The van der Waals surface area contributed by atoms with Gasteiger partial charge in [-0.25, -0.2) is 4.79 Å². The van der Waals surface area contributed by atoms with E-state index < -0.39 is 18.7 Å². The average molecular weight is 324 g/mol. The number of urea groups is 1. The summed E-state index contributed by atoms with van der Waals surface area (Å²) in [6.45, 7) is -0.831. The maximum atomic E-state index is 12.5. The molecule has 0 aliphatic heterocycles. The second-order valence-electron chi connectivity index (χ2n) is 4.78. The maximum Gasteiger partial charge on any atom is 0.387 e. The fourth-order valence-electron chi connectivity index (χ4n) is 2.16. The Hall–Kier alpha value is -2.57. The molecular weight excluding hydrogens is 306 g/mol. The van der Waals surface area contributed by atoms with Crippen LogP contribution < -0.4 is 15.4 Å². The molecule has 2 aromatic rings. The van der Waals surface area contributed by atoms with Crippen molar-refractivity contribution in [3.63, 3.8) is 0 Å². The molecule has 23 heavy (non-hydrogen) atoms. The fourth-order valence-corrected chi connectivity index (χ4v) is 2.16. The largest absolute Gasteiger partial charge is 0.467 e. The van der Waals surface area contributed by atoms with Gasteiger partial charge in [0.25, 0.3) is 0 Å². The van der Waals surface area contributed by atoms with Gasteiger partial charge in [-0.1, -0.05) is 25.1 Å². The first kappa shape index (κ1) is 16.8. The van der Waals surface area contributed by atoms with Crippen LogP contribution in [0.4, 0.5) is 13.6 Å². The molecule has 5 nitrogen and oxygen atoms in total. The number of amides is 2. The Balaban J connectivity index is 2.00. The number of rotatable bonds is 7. The number of benzene rings is 1. The number of carbonyl (C=O) groups excluding carboxylic acids is 1. The molecule has 2 amide bonds. The minimum atomic E-state index is -2.92. The van der Waals surface area contributed by atoms with Crippen molar-refractivity contribution >= 4 is 6.03 Å². The highest BCUT2D eigenvalue weighted by atomic mass is 19.3. The zero-order chi connectivity index (χ0) is 16.7. The van der Waals surface area contributed by atoms with Gasteiger partial charge in [0.15, 0.2) is 0 Å². The van der Waals surface area contributed by atoms with Gasteiger partial charge in [-0.2, -0.15) is 8.78 Å². The van der Waals surface area contributed by atoms with Crippen LogP contribution in [0.2, 0.25) is 0 Å². The Morgan fingerprint density at radius 1 is 1.26 bits per heavy atom. The van der Waals surface area contributed by atoms with E-state index in [4.69, 9.17) is 4.42 Å². The number of carbonyl (C=O) groups is 1. The molecule has 0 saturated carbocycles. The number of halogens is 2. The van der Waals surface area contributed by atoms with Crippen LogP contribution in [-0.2, 0) is 6.54 Å². The minimum absolute atomic E-state index is 0.0562. The molecule has 0 fully saturated rings. The van der Waals surface area contributed by atoms with Gasteiger partial charge in [0.1, 0.15) is 11.5 Å². The lowest BCUT2D eigenvalue weighted by molar-refractivity contribution is -0.0506. The Kier molecular flexibility index (Phi) is 5.96. The second kappa shape index (κ2) is 8.17. The topological polar surface area (TPSA) is 63.5 Å². The van der Waals surface area contributed by atoms with Gasteiger partial charge < -0.3 is 19.8 Å². The van der Waals surface area contributed by atoms with Crippen LogP contribution in [0.5, 0.6) is 5.75 Å². The van der Waals surface area contributed by atoms with E-state index in [1.54, 1.807) is 30.3 Å². The Morgan fingerprint density at radius 2 is 2.04 bits per heavy atom. The standard InChI is InChI=1S/C16H18F2N2O3/c1-2-13(12-7-3-4-8-14(12)23-15(17)18)20-16(21)19-10-11-6-5-9-22-11/h3-9,13,15H,2,10H2,1H3,(H2,19,20,21). The molecule has 1 aromatic heterocycles. The second-order valence-corrected chi connectivity index (χ2v) is 4.78. The van der Waals surface area contributed by atoms with Crippen LogP contribution in [0, 0.1) is 0 Å². The summed E-state index contributed by atoms with van der Waals surface area (Å²) in [6, 6.07) is 9.02. The first-order valence-corrected chi connectivity index (χ1v) is 7.20. The van der Waals surface area contributed by atoms with E-state index in [0.717, 1.165) is 0 Å². The maximum absolute atomic E-state index is 12.5. The van der Waals surface area contributed by atoms with Gasteiger partial charge in [-0.15, -0.1) is 0 Å². The van der Waals surface area contributed by atoms with Crippen LogP contribution >= 0.6 is 0 Å². The number of furan rings is 1. The van der Waals surface area contributed by atoms with Crippen molar-refractivity contribution in [3.8, 4) is 5.75 Å². The highest BCUT2D eigenvalue weighted by Crippen LogP contribution is 2.28. The molecule has 0 aliphatic carbocycles. The van der Waals surface area contributed by atoms with Crippen molar-refractivity contribution in [2.45, 2.75) is 32.5 Å². The van der Waals surface area contributed by atoms with Crippen molar-refractivity contribution in [2.24, 2.45) is 0 Å². The zero-order valence-corrected chi connectivity index (χ0v) is 12.6. The first-order chi connectivity index (χ1) is 11.1. The van der Waals surface area contributed by atoms with Crippen molar-refractivity contribution in [1.82, 2.24) is 10.6 Å². The van der Waals surface area contributed by atoms with Crippen LogP contribution in [0.15, 0.2) is 47.1 Å². The fraction of sp³-hybridized carbons (Fsp3) is 0.312. The van der Waals surface area contributed by atoms with Crippen LogP contribution in [0.3, 0.4) is 0 Å². The van der Waals surface area contributed by atoms with Gasteiger partial charge in [-0.05, 0) is 24.6 Å². The summed E-state index contributed by atoms with van der Waals surface area (Å²) in [5, 5.41) is 5.39. The van der Waals surface area contributed by atoms with E-state index in [1.165, 1.54) is 12.3 Å². The number of hydrogen-bond acceptors (Lipinski definition) is 3. The molecule has 7 heteroatoms. The molecule has 1 atom stereocenters. The van der Waals surface area contributed by atoms with Gasteiger partial charge in [0.05, 0.1) is 18.8 Å². The monoisotopic (exact) mass is 324 g/mol. The van der Waals surface area contributed by atoms with Gasteiger partial charge in [0, 0.05) is 5.56 Å². The Morgan fingerprint density at radius 3 is 2.70 bits per heavy atom. The molecule has 124 valence electrons.